The van der Waals surface area contributed by atoms with Gasteiger partial charge in [0.25, 0.3) is 5.91 Å². The number of hydrogen-bond acceptors (Lipinski definition) is 3. The Hall–Kier alpha value is -1.62. The lowest BCUT2D eigenvalue weighted by atomic mass is 10.1. The van der Waals surface area contributed by atoms with Gasteiger partial charge in [0.05, 0.1) is 24.9 Å². The van der Waals surface area contributed by atoms with Crippen molar-refractivity contribution in [1.29, 1.82) is 0 Å². The third-order valence-electron chi connectivity index (χ3n) is 3.20. The number of hydrogen-bond donors (Lipinski definition) is 1. The molecule has 1 unspecified atom stereocenters. The van der Waals surface area contributed by atoms with Crippen LogP contribution in [-0.4, -0.2) is 36.6 Å². The highest BCUT2D eigenvalue weighted by atomic mass is 19.1. The Morgan fingerprint density at radius 2 is 2.39 bits per heavy atom. The first-order chi connectivity index (χ1) is 8.63. The molecule has 0 spiro atoms. The average Bonchev–Trinajstić information content (AvgIpc) is 2.41. The zero-order valence-electron chi connectivity index (χ0n) is 10.4. The molecule has 0 aromatic heterocycles. The first kappa shape index (κ1) is 12.8. The summed E-state index contributed by atoms with van der Waals surface area (Å²) in [7, 11) is 0. The second-order valence-corrected chi connectivity index (χ2v) is 4.37. The van der Waals surface area contributed by atoms with E-state index < -0.39 is 5.82 Å². The van der Waals surface area contributed by atoms with Gasteiger partial charge in [-0.1, -0.05) is 6.92 Å². The lowest BCUT2D eigenvalue weighted by molar-refractivity contribution is -0.00279. The monoisotopic (exact) mass is 252 g/mol. The molecule has 0 saturated carbocycles. The van der Waals surface area contributed by atoms with E-state index in [2.05, 4.69) is 0 Å². The van der Waals surface area contributed by atoms with Gasteiger partial charge in [-0.3, -0.25) is 4.79 Å². The molecule has 1 aromatic carbocycles. The molecule has 1 aromatic rings. The van der Waals surface area contributed by atoms with Crippen molar-refractivity contribution in [3.63, 3.8) is 0 Å². The molecule has 5 heteroatoms. The molecule has 2 N–H and O–H groups in total. The number of rotatable bonds is 2. The Morgan fingerprint density at radius 3 is 3.06 bits per heavy atom. The van der Waals surface area contributed by atoms with Gasteiger partial charge in [0.1, 0.15) is 5.82 Å². The largest absolute Gasteiger partial charge is 0.396 e. The van der Waals surface area contributed by atoms with Crippen molar-refractivity contribution in [2.45, 2.75) is 19.4 Å². The number of amides is 1. The van der Waals surface area contributed by atoms with Crippen LogP contribution in [0.4, 0.5) is 10.1 Å². The Bertz CT molecular complexity index is 451. The fraction of sp³-hybridized carbons (Fsp3) is 0.462. The van der Waals surface area contributed by atoms with Gasteiger partial charge in [-0.25, -0.2) is 4.39 Å². The molecule has 4 nitrogen and oxygen atoms in total. The SMILES string of the molecule is CCC1COCCN1C(=O)c1ccc(F)c(N)c1. The van der Waals surface area contributed by atoms with Crippen molar-refractivity contribution in [3.8, 4) is 0 Å². The Kier molecular flexibility index (Phi) is 3.81. The molecular formula is C13H17FN2O2. The molecule has 1 aliphatic rings. The van der Waals surface area contributed by atoms with Gasteiger partial charge in [-0.15, -0.1) is 0 Å². The van der Waals surface area contributed by atoms with Crippen molar-refractivity contribution in [2.75, 3.05) is 25.5 Å². The maximum atomic E-state index is 13.1. The van der Waals surface area contributed by atoms with Crippen molar-refractivity contribution in [2.24, 2.45) is 0 Å². The highest BCUT2D eigenvalue weighted by molar-refractivity contribution is 5.95. The van der Waals surface area contributed by atoms with Gasteiger partial charge < -0.3 is 15.4 Å². The van der Waals surface area contributed by atoms with E-state index in [9.17, 15) is 9.18 Å². The fourth-order valence-corrected chi connectivity index (χ4v) is 2.10. The van der Waals surface area contributed by atoms with Crippen molar-refractivity contribution >= 4 is 11.6 Å². The molecule has 1 heterocycles. The van der Waals surface area contributed by atoms with E-state index in [0.717, 1.165) is 6.42 Å². The minimum Gasteiger partial charge on any atom is -0.396 e. The number of benzene rings is 1. The summed E-state index contributed by atoms with van der Waals surface area (Å²) in [5, 5.41) is 0. The van der Waals surface area contributed by atoms with Crippen LogP contribution < -0.4 is 5.73 Å². The summed E-state index contributed by atoms with van der Waals surface area (Å²) >= 11 is 0. The molecule has 1 fully saturated rings. The smallest absolute Gasteiger partial charge is 0.254 e. The number of nitrogens with two attached hydrogens (primary N) is 1. The average molecular weight is 252 g/mol. The molecule has 1 aliphatic heterocycles. The van der Waals surface area contributed by atoms with Crippen LogP contribution in [0, 0.1) is 5.82 Å². The van der Waals surface area contributed by atoms with Crippen LogP contribution in [0.3, 0.4) is 0 Å². The van der Waals surface area contributed by atoms with Gasteiger partial charge >= 0.3 is 0 Å². The second-order valence-electron chi connectivity index (χ2n) is 4.37. The predicted molar refractivity (Wildman–Crippen MR) is 66.7 cm³/mol. The van der Waals surface area contributed by atoms with Gasteiger partial charge in [-0.05, 0) is 24.6 Å². The molecule has 1 amide bonds. The van der Waals surface area contributed by atoms with E-state index in [4.69, 9.17) is 10.5 Å². The standard InChI is InChI=1S/C13H17FN2O2/c1-2-10-8-18-6-5-16(10)13(17)9-3-4-11(14)12(15)7-9/h3-4,7,10H,2,5-6,8,15H2,1H3. The first-order valence-electron chi connectivity index (χ1n) is 6.07. The topological polar surface area (TPSA) is 55.6 Å². The highest BCUT2D eigenvalue weighted by Crippen LogP contribution is 2.18. The summed E-state index contributed by atoms with van der Waals surface area (Å²) in [5.74, 6) is -0.614. The van der Waals surface area contributed by atoms with Crippen LogP contribution in [0.1, 0.15) is 23.7 Å². The number of anilines is 1. The Balaban J connectivity index is 2.21. The van der Waals surface area contributed by atoms with Crippen LogP contribution >= 0.6 is 0 Å². The van der Waals surface area contributed by atoms with Crippen LogP contribution in [0.5, 0.6) is 0 Å². The molecule has 0 radical (unpaired) electrons. The lowest BCUT2D eigenvalue weighted by Gasteiger charge is -2.35. The Morgan fingerprint density at radius 1 is 1.61 bits per heavy atom. The highest BCUT2D eigenvalue weighted by Gasteiger charge is 2.26. The third-order valence-corrected chi connectivity index (χ3v) is 3.20. The normalized spacial score (nSPS) is 19.9. The lowest BCUT2D eigenvalue weighted by Crippen LogP contribution is -2.48. The zero-order chi connectivity index (χ0) is 13.1. The number of morpholine rings is 1. The van der Waals surface area contributed by atoms with Crippen molar-refractivity contribution in [1.82, 2.24) is 4.90 Å². The summed E-state index contributed by atoms with van der Waals surface area (Å²) in [5.41, 5.74) is 5.91. The summed E-state index contributed by atoms with van der Waals surface area (Å²) in [6, 6.07) is 4.16. The molecule has 18 heavy (non-hydrogen) atoms. The molecule has 0 bridgehead atoms. The summed E-state index contributed by atoms with van der Waals surface area (Å²) < 4.78 is 18.4. The Labute approximate surface area is 106 Å². The minimum absolute atomic E-state index is 0.00200. The maximum absolute atomic E-state index is 13.1. The molecule has 1 saturated heterocycles. The number of ether oxygens (including phenoxy) is 1. The summed E-state index contributed by atoms with van der Waals surface area (Å²) in [6.45, 7) is 3.67. The van der Waals surface area contributed by atoms with Gasteiger partial charge in [-0.2, -0.15) is 0 Å². The fourth-order valence-electron chi connectivity index (χ4n) is 2.10. The number of nitrogens with zero attached hydrogens (tertiary/aromatic N) is 1. The molecule has 0 aliphatic carbocycles. The van der Waals surface area contributed by atoms with Gasteiger partial charge in [0, 0.05) is 12.1 Å². The van der Waals surface area contributed by atoms with E-state index in [1.54, 1.807) is 4.90 Å². The van der Waals surface area contributed by atoms with E-state index in [-0.39, 0.29) is 17.6 Å². The number of carbonyl (C=O) groups is 1. The molecule has 2 rings (SSSR count). The van der Waals surface area contributed by atoms with E-state index in [1.165, 1.54) is 18.2 Å². The first-order valence-corrected chi connectivity index (χ1v) is 6.07. The van der Waals surface area contributed by atoms with Crippen LogP contribution in [-0.2, 0) is 4.74 Å². The number of carbonyl (C=O) groups excluding carboxylic acids is 1. The number of nitrogen functional groups attached to an aromatic ring is 1. The van der Waals surface area contributed by atoms with Gasteiger partial charge in [0.2, 0.25) is 0 Å². The number of halogens is 1. The predicted octanol–water partition coefficient (Wildman–Crippen LogP) is 1.66. The van der Waals surface area contributed by atoms with E-state index in [1.807, 2.05) is 6.92 Å². The molecule has 1 atom stereocenters. The van der Waals surface area contributed by atoms with Crippen LogP contribution in [0.15, 0.2) is 18.2 Å². The molecular weight excluding hydrogens is 235 g/mol. The zero-order valence-corrected chi connectivity index (χ0v) is 10.4. The quantitative estimate of drug-likeness (QED) is 0.814. The third kappa shape index (κ3) is 2.46. The molecule has 98 valence electrons. The summed E-state index contributed by atoms with van der Waals surface area (Å²) in [6.07, 6.45) is 0.836. The van der Waals surface area contributed by atoms with Crippen LogP contribution in [0.25, 0.3) is 0 Å². The second kappa shape index (κ2) is 5.35. The van der Waals surface area contributed by atoms with Gasteiger partial charge in [0.15, 0.2) is 0 Å². The summed E-state index contributed by atoms with van der Waals surface area (Å²) in [4.78, 5) is 14.1. The van der Waals surface area contributed by atoms with Crippen molar-refractivity contribution in [3.05, 3.63) is 29.6 Å². The maximum Gasteiger partial charge on any atom is 0.254 e. The van der Waals surface area contributed by atoms with E-state index in [0.29, 0.717) is 25.3 Å². The van der Waals surface area contributed by atoms with Crippen molar-refractivity contribution < 1.29 is 13.9 Å². The minimum atomic E-state index is -0.499. The van der Waals surface area contributed by atoms with Crippen LogP contribution in [0.2, 0.25) is 0 Å². The van der Waals surface area contributed by atoms with E-state index >= 15 is 0 Å².